The second kappa shape index (κ2) is 5.12. The molecule has 0 amide bonds. The number of hydrogen-bond donors (Lipinski definition) is 2. The summed E-state index contributed by atoms with van der Waals surface area (Å²) in [5.41, 5.74) is 1.15. The Labute approximate surface area is 102 Å². The van der Waals surface area contributed by atoms with Crippen LogP contribution in [0.1, 0.15) is 11.5 Å². The minimum absolute atomic E-state index is 0.120. The number of aromatic nitrogens is 1. The smallest absolute Gasteiger partial charge is 0.211 e. The highest BCUT2D eigenvalue weighted by molar-refractivity contribution is 7.89. The van der Waals surface area contributed by atoms with Gasteiger partial charge in [0, 0.05) is 24.9 Å². The Hall–Kier alpha value is -0.980. The van der Waals surface area contributed by atoms with Crippen LogP contribution in [-0.4, -0.2) is 39.3 Å². The summed E-state index contributed by atoms with van der Waals surface area (Å²) in [6.45, 7) is 1.57. The van der Waals surface area contributed by atoms with Gasteiger partial charge in [0.2, 0.25) is 10.0 Å². The van der Waals surface area contributed by atoms with Gasteiger partial charge in [0.1, 0.15) is 0 Å². The van der Waals surface area contributed by atoms with Crippen LogP contribution >= 0.6 is 0 Å². The van der Waals surface area contributed by atoms with Crippen molar-refractivity contribution in [2.75, 3.05) is 25.9 Å². The van der Waals surface area contributed by atoms with Crippen molar-refractivity contribution in [3.63, 3.8) is 0 Å². The highest BCUT2D eigenvalue weighted by Gasteiger charge is 2.31. The molecule has 1 aromatic rings. The fourth-order valence-corrected chi connectivity index (χ4v) is 3.35. The van der Waals surface area contributed by atoms with Gasteiger partial charge in [-0.05, 0) is 37.2 Å². The quantitative estimate of drug-likeness (QED) is 0.790. The fraction of sp³-hybridized carbons (Fsp3) is 0.545. The van der Waals surface area contributed by atoms with Crippen LogP contribution in [-0.2, 0) is 10.0 Å². The van der Waals surface area contributed by atoms with E-state index in [-0.39, 0.29) is 17.6 Å². The van der Waals surface area contributed by atoms with E-state index in [1.807, 2.05) is 12.1 Å². The van der Waals surface area contributed by atoms with Crippen LogP contribution in [0.15, 0.2) is 24.5 Å². The molecule has 5 nitrogen and oxygen atoms in total. The van der Waals surface area contributed by atoms with Gasteiger partial charge in [-0.3, -0.25) is 4.98 Å². The molecule has 1 aliphatic rings. The third kappa shape index (κ3) is 3.02. The zero-order chi connectivity index (χ0) is 12.3. The van der Waals surface area contributed by atoms with E-state index in [2.05, 4.69) is 15.0 Å². The summed E-state index contributed by atoms with van der Waals surface area (Å²) in [6.07, 6.45) is 3.49. The second-order valence-corrected chi connectivity index (χ2v) is 6.26. The summed E-state index contributed by atoms with van der Waals surface area (Å²) in [7, 11) is -1.69. The van der Waals surface area contributed by atoms with Crippen molar-refractivity contribution in [3.05, 3.63) is 30.1 Å². The lowest BCUT2D eigenvalue weighted by Gasteiger charge is -2.18. The summed E-state index contributed by atoms with van der Waals surface area (Å²) in [6, 6.07) is 3.91. The maximum Gasteiger partial charge on any atom is 0.211 e. The second-order valence-electron chi connectivity index (χ2n) is 4.29. The minimum Gasteiger partial charge on any atom is -0.316 e. The molecule has 2 unspecified atom stereocenters. The zero-order valence-corrected chi connectivity index (χ0v) is 10.6. The van der Waals surface area contributed by atoms with E-state index in [4.69, 9.17) is 0 Å². The van der Waals surface area contributed by atoms with Gasteiger partial charge >= 0.3 is 0 Å². The normalized spacial score (nSPS) is 25.0. The molecule has 2 N–H and O–H groups in total. The summed E-state index contributed by atoms with van der Waals surface area (Å²) in [5, 5.41) is 3.25. The van der Waals surface area contributed by atoms with Crippen molar-refractivity contribution in [3.8, 4) is 0 Å². The van der Waals surface area contributed by atoms with E-state index in [1.165, 1.54) is 7.05 Å². The molecule has 1 aliphatic heterocycles. The maximum absolute atomic E-state index is 11.6. The molecule has 2 rings (SSSR count). The first-order valence-corrected chi connectivity index (χ1v) is 7.29. The van der Waals surface area contributed by atoms with Gasteiger partial charge in [-0.15, -0.1) is 0 Å². The van der Waals surface area contributed by atoms with Crippen LogP contribution in [0.3, 0.4) is 0 Å². The van der Waals surface area contributed by atoms with E-state index >= 15 is 0 Å². The van der Waals surface area contributed by atoms with E-state index in [9.17, 15) is 8.42 Å². The molecular weight excluding hydrogens is 238 g/mol. The lowest BCUT2D eigenvalue weighted by Crippen LogP contribution is -2.29. The molecule has 2 atom stereocenters. The highest BCUT2D eigenvalue weighted by Crippen LogP contribution is 2.28. The van der Waals surface area contributed by atoms with Crippen molar-refractivity contribution in [1.82, 2.24) is 15.0 Å². The van der Waals surface area contributed by atoms with Gasteiger partial charge < -0.3 is 5.32 Å². The molecule has 0 aliphatic carbocycles. The highest BCUT2D eigenvalue weighted by atomic mass is 32.2. The summed E-state index contributed by atoms with van der Waals surface area (Å²) < 4.78 is 25.5. The molecule has 1 saturated heterocycles. The molecule has 17 heavy (non-hydrogen) atoms. The lowest BCUT2D eigenvalue weighted by molar-refractivity contribution is 0.536. The zero-order valence-electron chi connectivity index (χ0n) is 9.76. The predicted octanol–water partition coefficient (Wildman–Crippen LogP) is -0.0662. The predicted molar refractivity (Wildman–Crippen MR) is 66.2 cm³/mol. The third-order valence-electron chi connectivity index (χ3n) is 3.22. The standard InChI is InChI=1S/C11H17N3O2S/c1-12-17(15,16)8-10-6-14-7-11(10)9-2-4-13-5-3-9/h2-5,10-12,14H,6-8H2,1H3. The summed E-state index contributed by atoms with van der Waals surface area (Å²) in [5.74, 6) is 0.541. The monoisotopic (exact) mass is 255 g/mol. The van der Waals surface area contributed by atoms with Gasteiger partial charge in [-0.1, -0.05) is 0 Å². The van der Waals surface area contributed by atoms with Crippen LogP contribution in [0, 0.1) is 5.92 Å². The van der Waals surface area contributed by atoms with Gasteiger partial charge in [0.05, 0.1) is 5.75 Å². The molecular formula is C11H17N3O2S. The van der Waals surface area contributed by atoms with E-state index in [1.54, 1.807) is 12.4 Å². The van der Waals surface area contributed by atoms with Crippen LogP contribution < -0.4 is 10.0 Å². The van der Waals surface area contributed by atoms with Gasteiger partial charge in [-0.25, -0.2) is 13.1 Å². The Balaban J connectivity index is 2.13. The SMILES string of the molecule is CNS(=O)(=O)CC1CNCC1c1ccncc1. The van der Waals surface area contributed by atoms with E-state index in [0.717, 1.165) is 18.7 Å². The van der Waals surface area contributed by atoms with Gasteiger partial charge in [0.25, 0.3) is 0 Å². The Bertz CT molecular complexity index is 461. The first kappa shape index (κ1) is 12.5. The van der Waals surface area contributed by atoms with Gasteiger partial charge in [-0.2, -0.15) is 0 Å². The molecule has 0 bridgehead atoms. The molecule has 0 radical (unpaired) electrons. The van der Waals surface area contributed by atoms with Crippen molar-refractivity contribution >= 4 is 10.0 Å². The van der Waals surface area contributed by atoms with Crippen molar-refractivity contribution in [2.24, 2.45) is 5.92 Å². The Morgan fingerprint density at radius 3 is 2.76 bits per heavy atom. The molecule has 1 fully saturated rings. The first-order valence-electron chi connectivity index (χ1n) is 5.64. The summed E-state index contributed by atoms with van der Waals surface area (Å²) in [4.78, 5) is 3.98. The maximum atomic E-state index is 11.6. The molecule has 1 aromatic heterocycles. The molecule has 2 heterocycles. The van der Waals surface area contributed by atoms with Crippen molar-refractivity contribution in [2.45, 2.75) is 5.92 Å². The summed E-state index contributed by atoms with van der Waals surface area (Å²) >= 11 is 0. The number of nitrogens with one attached hydrogen (secondary N) is 2. The lowest BCUT2D eigenvalue weighted by atomic mass is 9.91. The van der Waals surface area contributed by atoms with E-state index < -0.39 is 10.0 Å². The first-order chi connectivity index (χ1) is 8.12. The molecule has 0 spiro atoms. The fourth-order valence-electron chi connectivity index (χ4n) is 2.27. The average Bonchev–Trinajstić information content (AvgIpc) is 2.77. The molecule has 0 saturated carbocycles. The number of sulfonamides is 1. The van der Waals surface area contributed by atoms with Crippen molar-refractivity contribution < 1.29 is 8.42 Å². The Morgan fingerprint density at radius 2 is 2.12 bits per heavy atom. The van der Waals surface area contributed by atoms with Crippen LogP contribution in [0.2, 0.25) is 0 Å². The number of pyridine rings is 1. The number of rotatable bonds is 4. The Morgan fingerprint density at radius 1 is 1.41 bits per heavy atom. The van der Waals surface area contributed by atoms with Crippen molar-refractivity contribution in [1.29, 1.82) is 0 Å². The molecule has 94 valence electrons. The van der Waals surface area contributed by atoms with Crippen LogP contribution in [0.25, 0.3) is 0 Å². The minimum atomic E-state index is -3.15. The average molecular weight is 255 g/mol. The van der Waals surface area contributed by atoms with Crippen LogP contribution in [0.4, 0.5) is 0 Å². The largest absolute Gasteiger partial charge is 0.316 e. The molecule has 0 aromatic carbocycles. The number of hydrogen-bond acceptors (Lipinski definition) is 4. The van der Waals surface area contributed by atoms with Crippen LogP contribution in [0.5, 0.6) is 0 Å². The Kier molecular flexibility index (Phi) is 3.76. The number of nitrogens with zero attached hydrogens (tertiary/aromatic N) is 1. The topological polar surface area (TPSA) is 71.1 Å². The van der Waals surface area contributed by atoms with Gasteiger partial charge in [0.15, 0.2) is 0 Å². The third-order valence-corrected chi connectivity index (χ3v) is 4.71. The molecule has 6 heteroatoms. The van der Waals surface area contributed by atoms with E-state index in [0.29, 0.717) is 0 Å².